The Morgan fingerprint density at radius 2 is 1.80 bits per heavy atom. The van der Waals surface area contributed by atoms with Crippen molar-refractivity contribution in [2.24, 2.45) is 0 Å². The van der Waals surface area contributed by atoms with Gasteiger partial charge in [0.1, 0.15) is 0 Å². The number of thioether (sulfide) groups is 1. The third-order valence-corrected chi connectivity index (χ3v) is 6.03. The zero-order chi connectivity index (χ0) is 13.9. The van der Waals surface area contributed by atoms with E-state index in [1.54, 1.807) is 0 Å². The van der Waals surface area contributed by atoms with E-state index in [0.29, 0.717) is 0 Å². The van der Waals surface area contributed by atoms with Crippen LogP contribution in [0.2, 0.25) is 0 Å². The molecule has 3 aromatic rings. The van der Waals surface area contributed by atoms with E-state index in [1.807, 2.05) is 24.0 Å². The monoisotopic (exact) mass is 407 g/mol. The fourth-order valence-electron chi connectivity index (χ4n) is 1.95. The topological polar surface area (TPSA) is 12.9 Å². The lowest BCUT2D eigenvalue weighted by Crippen LogP contribution is -1.84. The van der Waals surface area contributed by atoms with Gasteiger partial charge in [0, 0.05) is 26.7 Å². The van der Waals surface area contributed by atoms with Crippen LogP contribution in [-0.2, 0) is 5.75 Å². The second-order valence-corrected chi connectivity index (χ2v) is 7.07. The van der Waals surface area contributed by atoms with Gasteiger partial charge in [0.2, 0.25) is 0 Å². The lowest BCUT2D eigenvalue weighted by Gasteiger charge is -2.06. The van der Waals surface area contributed by atoms with Crippen LogP contribution in [0.5, 0.6) is 0 Å². The van der Waals surface area contributed by atoms with Crippen LogP contribution in [0, 0.1) is 0 Å². The maximum absolute atomic E-state index is 4.47. The number of aromatic nitrogens is 1. The molecule has 0 aliphatic rings. The van der Waals surface area contributed by atoms with Crippen LogP contribution in [-0.4, -0.2) is 4.98 Å². The predicted molar refractivity (Wildman–Crippen MR) is 93.1 cm³/mol. The van der Waals surface area contributed by atoms with Crippen molar-refractivity contribution in [3.05, 3.63) is 69.2 Å². The Labute approximate surface area is 139 Å². The Morgan fingerprint density at radius 1 is 1.00 bits per heavy atom. The maximum Gasteiger partial charge on any atom is 0.0725 e. The molecule has 4 heteroatoms. The fourth-order valence-corrected chi connectivity index (χ4v) is 3.58. The summed E-state index contributed by atoms with van der Waals surface area (Å²) in [6.07, 6.45) is 1.83. The average Bonchev–Trinajstić information content (AvgIpc) is 2.50. The predicted octanol–water partition coefficient (Wildman–Crippen LogP) is 6.05. The summed E-state index contributed by atoms with van der Waals surface area (Å²) in [4.78, 5) is 5.71. The average molecular weight is 409 g/mol. The molecule has 0 saturated carbocycles. The van der Waals surface area contributed by atoms with Gasteiger partial charge in [-0.2, -0.15) is 0 Å². The van der Waals surface area contributed by atoms with Gasteiger partial charge in [0.15, 0.2) is 0 Å². The zero-order valence-corrected chi connectivity index (χ0v) is 14.5. The van der Waals surface area contributed by atoms with Crippen LogP contribution in [0.15, 0.2) is 68.6 Å². The first-order chi connectivity index (χ1) is 9.74. The molecule has 1 aromatic heterocycles. The number of benzene rings is 2. The molecule has 0 unspecified atom stereocenters. The van der Waals surface area contributed by atoms with E-state index in [9.17, 15) is 0 Å². The van der Waals surface area contributed by atoms with Crippen LogP contribution in [0.25, 0.3) is 10.9 Å². The third-order valence-electron chi connectivity index (χ3n) is 2.98. The van der Waals surface area contributed by atoms with Crippen molar-refractivity contribution in [3.63, 3.8) is 0 Å². The van der Waals surface area contributed by atoms with Crippen LogP contribution >= 0.6 is 43.6 Å². The highest BCUT2D eigenvalue weighted by Crippen LogP contribution is 2.32. The van der Waals surface area contributed by atoms with Crippen molar-refractivity contribution in [3.8, 4) is 0 Å². The van der Waals surface area contributed by atoms with E-state index < -0.39 is 0 Å². The molecule has 0 aliphatic carbocycles. The molecule has 0 saturated heterocycles. The van der Waals surface area contributed by atoms with Crippen LogP contribution in [0.1, 0.15) is 5.56 Å². The Morgan fingerprint density at radius 3 is 2.60 bits per heavy atom. The van der Waals surface area contributed by atoms with E-state index in [-0.39, 0.29) is 0 Å². The molecule has 0 fully saturated rings. The quantitative estimate of drug-likeness (QED) is 0.489. The molecule has 1 heterocycles. The normalized spacial score (nSPS) is 10.9. The fraction of sp³-hybridized carbons (Fsp3) is 0.0625. The minimum atomic E-state index is 0.976. The summed E-state index contributed by atoms with van der Waals surface area (Å²) in [5.41, 5.74) is 2.35. The van der Waals surface area contributed by atoms with Gasteiger partial charge in [-0.1, -0.05) is 36.4 Å². The Bertz CT molecular complexity index is 744. The SMILES string of the molecule is Brc1cnc2cc(SCc3ccccc3)ccc2c1Br. The minimum Gasteiger partial charge on any atom is -0.255 e. The molecule has 1 nitrogen and oxygen atoms in total. The van der Waals surface area contributed by atoms with E-state index in [4.69, 9.17) is 0 Å². The Hall–Kier alpha value is -0.840. The van der Waals surface area contributed by atoms with Gasteiger partial charge in [0.25, 0.3) is 0 Å². The van der Waals surface area contributed by atoms with Gasteiger partial charge in [-0.15, -0.1) is 11.8 Å². The molecule has 3 rings (SSSR count). The highest BCUT2D eigenvalue weighted by atomic mass is 79.9. The maximum atomic E-state index is 4.47. The van der Waals surface area contributed by atoms with Crippen LogP contribution in [0.3, 0.4) is 0 Å². The van der Waals surface area contributed by atoms with Crippen molar-refractivity contribution >= 4 is 54.5 Å². The van der Waals surface area contributed by atoms with Crippen LogP contribution < -0.4 is 0 Å². The molecule has 0 atom stereocenters. The lowest BCUT2D eigenvalue weighted by molar-refractivity contribution is 1.34. The number of hydrogen-bond acceptors (Lipinski definition) is 2. The summed E-state index contributed by atoms with van der Waals surface area (Å²) in [5.74, 6) is 0.976. The molecule has 20 heavy (non-hydrogen) atoms. The number of nitrogens with zero attached hydrogens (tertiary/aromatic N) is 1. The van der Waals surface area contributed by atoms with Gasteiger partial charge in [0.05, 0.1) is 9.99 Å². The van der Waals surface area contributed by atoms with Crippen molar-refractivity contribution in [2.45, 2.75) is 10.6 Å². The van der Waals surface area contributed by atoms with Crippen LogP contribution in [0.4, 0.5) is 0 Å². The first-order valence-electron chi connectivity index (χ1n) is 6.14. The molecule has 0 amide bonds. The molecule has 100 valence electrons. The van der Waals surface area contributed by atoms with Crippen molar-refractivity contribution in [2.75, 3.05) is 0 Å². The molecular weight excluding hydrogens is 398 g/mol. The first-order valence-corrected chi connectivity index (χ1v) is 8.72. The second-order valence-electron chi connectivity index (χ2n) is 4.37. The van der Waals surface area contributed by atoms with E-state index in [0.717, 1.165) is 25.6 Å². The Balaban J connectivity index is 1.85. The van der Waals surface area contributed by atoms with Gasteiger partial charge in [-0.3, -0.25) is 4.98 Å². The third kappa shape index (κ3) is 3.08. The minimum absolute atomic E-state index is 0.976. The molecular formula is C16H11Br2NS. The first kappa shape index (κ1) is 14.1. The molecule has 0 N–H and O–H groups in total. The summed E-state index contributed by atoms with van der Waals surface area (Å²) in [5, 5.41) is 1.13. The summed E-state index contributed by atoms with van der Waals surface area (Å²) in [6, 6.07) is 16.9. The second kappa shape index (κ2) is 6.29. The Kier molecular flexibility index (Phi) is 4.44. The van der Waals surface area contributed by atoms with Crippen molar-refractivity contribution < 1.29 is 0 Å². The largest absolute Gasteiger partial charge is 0.255 e. The van der Waals surface area contributed by atoms with Gasteiger partial charge in [-0.25, -0.2) is 0 Å². The van der Waals surface area contributed by atoms with Gasteiger partial charge >= 0.3 is 0 Å². The smallest absolute Gasteiger partial charge is 0.0725 e. The molecule has 0 spiro atoms. The molecule has 0 bridgehead atoms. The van der Waals surface area contributed by atoms with Crippen molar-refractivity contribution in [1.29, 1.82) is 0 Å². The number of hydrogen-bond donors (Lipinski definition) is 0. The van der Waals surface area contributed by atoms with E-state index in [2.05, 4.69) is 79.3 Å². The molecule has 0 aliphatic heterocycles. The zero-order valence-electron chi connectivity index (χ0n) is 10.5. The molecule has 2 aromatic carbocycles. The number of pyridine rings is 1. The summed E-state index contributed by atoms with van der Waals surface area (Å²) in [7, 11) is 0. The number of fused-ring (bicyclic) bond motifs is 1. The number of halogens is 2. The van der Waals surface area contributed by atoms with E-state index in [1.165, 1.54) is 10.5 Å². The molecule has 0 radical (unpaired) electrons. The van der Waals surface area contributed by atoms with E-state index >= 15 is 0 Å². The number of rotatable bonds is 3. The van der Waals surface area contributed by atoms with Gasteiger partial charge in [-0.05, 0) is 49.6 Å². The van der Waals surface area contributed by atoms with Gasteiger partial charge < -0.3 is 0 Å². The standard InChI is InChI=1S/C16H11Br2NS/c17-14-9-19-15-8-12(6-7-13(15)16(14)18)20-10-11-4-2-1-3-5-11/h1-9H,10H2. The lowest BCUT2D eigenvalue weighted by atomic mass is 10.2. The highest BCUT2D eigenvalue weighted by molar-refractivity contribution is 9.13. The highest BCUT2D eigenvalue weighted by Gasteiger charge is 2.05. The van der Waals surface area contributed by atoms with Crippen molar-refractivity contribution in [1.82, 2.24) is 4.98 Å². The summed E-state index contributed by atoms with van der Waals surface area (Å²) >= 11 is 8.90. The summed E-state index contributed by atoms with van der Waals surface area (Å²) in [6.45, 7) is 0. The summed E-state index contributed by atoms with van der Waals surface area (Å²) < 4.78 is 2.04.